The number of fused-ring (bicyclic) bond motifs is 1. The molecule has 1 aliphatic rings. The highest BCUT2D eigenvalue weighted by atomic mass is 19.1. The highest BCUT2D eigenvalue weighted by Gasteiger charge is 2.51. The molecule has 2 N–H and O–H groups in total. The van der Waals surface area contributed by atoms with Gasteiger partial charge in [-0.1, -0.05) is 42.5 Å². The van der Waals surface area contributed by atoms with Gasteiger partial charge >= 0.3 is 0 Å². The molecule has 154 valence electrons. The van der Waals surface area contributed by atoms with Crippen LogP contribution in [0.2, 0.25) is 0 Å². The second-order valence-electron chi connectivity index (χ2n) is 7.67. The fourth-order valence-corrected chi connectivity index (χ4v) is 3.81. The van der Waals surface area contributed by atoms with Crippen molar-refractivity contribution in [2.45, 2.75) is 18.3 Å². The predicted octanol–water partition coefficient (Wildman–Crippen LogP) is 5.49. The predicted molar refractivity (Wildman–Crippen MR) is 117 cm³/mol. The molecule has 31 heavy (non-hydrogen) atoms. The molecule has 1 aromatic heterocycles. The number of rotatable bonds is 5. The number of anilines is 2. The van der Waals surface area contributed by atoms with Crippen LogP contribution in [-0.2, 0) is 10.2 Å². The summed E-state index contributed by atoms with van der Waals surface area (Å²) in [7, 11) is 0. The summed E-state index contributed by atoms with van der Waals surface area (Å²) < 4.78 is 19.0. The maximum Gasteiger partial charge on any atom is 0.293 e. The Morgan fingerprint density at radius 1 is 0.839 bits per heavy atom. The minimum atomic E-state index is -0.593. The Morgan fingerprint density at radius 2 is 1.52 bits per heavy atom. The van der Waals surface area contributed by atoms with Gasteiger partial charge in [-0.05, 0) is 54.8 Å². The molecule has 1 saturated carbocycles. The van der Waals surface area contributed by atoms with E-state index in [9.17, 15) is 14.0 Å². The van der Waals surface area contributed by atoms with Crippen molar-refractivity contribution in [2.24, 2.45) is 0 Å². The molecule has 0 bridgehead atoms. The van der Waals surface area contributed by atoms with Crippen LogP contribution in [0.3, 0.4) is 0 Å². The summed E-state index contributed by atoms with van der Waals surface area (Å²) in [4.78, 5) is 26.2. The van der Waals surface area contributed by atoms with Gasteiger partial charge in [0.25, 0.3) is 5.91 Å². The molecule has 0 radical (unpaired) electrons. The van der Waals surface area contributed by atoms with E-state index in [-0.39, 0.29) is 11.7 Å². The van der Waals surface area contributed by atoms with Crippen molar-refractivity contribution in [2.75, 3.05) is 10.6 Å². The first-order valence-electron chi connectivity index (χ1n) is 10.0. The van der Waals surface area contributed by atoms with E-state index in [0.29, 0.717) is 22.3 Å². The van der Waals surface area contributed by atoms with Crippen LogP contribution in [0.4, 0.5) is 15.8 Å². The van der Waals surface area contributed by atoms with E-state index in [2.05, 4.69) is 10.6 Å². The highest BCUT2D eigenvalue weighted by molar-refractivity contribution is 6.16. The van der Waals surface area contributed by atoms with Gasteiger partial charge < -0.3 is 15.1 Å². The maximum absolute atomic E-state index is 13.3. The number of hydrogen-bond acceptors (Lipinski definition) is 3. The first-order valence-corrected chi connectivity index (χ1v) is 10.0. The van der Waals surface area contributed by atoms with E-state index in [1.165, 1.54) is 24.3 Å². The Bertz CT molecular complexity index is 1280. The molecular weight excluding hydrogens is 395 g/mol. The van der Waals surface area contributed by atoms with Gasteiger partial charge in [-0.3, -0.25) is 9.59 Å². The third-order valence-electron chi connectivity index (χ3n) is 5.65. The summed E-state index contributed by atoms with van der Waals surface area (Å²) in [6.07, 6.45) is 1.49. The van der Waals surface area contributed by atoms with Crippen LogP contribution >= 0.6 is 0 Å². The van der Waals surface area contributed by atoms with Crippen molar-refractivity contribution in [1.29, 1.82) is 0 Å². The van der Waals surface area contributed by atoms with Crippen molar-refractivity contribution in [3.8, 4) is 0 Å². The number of para-hydroxylation sites is 1. The lowest BCUT2D eigenvalue weighted by molar-refractivity contribution is -0.118. The van der Waals surface area contributed by atoms with Gasteiger partial charge in [-0.2, -0.15) is 0 Å². The Kier molecular flexibility index (Phi) is 4.55. The molecule has 2 amide bonds. The van der Waals surface area contributed by atoms with Gasteiger partial charge in [-0.25, -0.2) is 4.39 Å². The van der Waals surface area contributed by atoms with Crippen molar-refractivity contribution in [1.82, 2.24) is 0 Å². The number of furan rings is 1. The van der Waals surface area contributed by atoms with Gasteiger partial charge in [0.15, 0.2) is 0 Å². The van der Waals surface area contributed by atoms with Gasteiger partial charge in [0.2, 0.25) is 11.7 Å². The van der Waals surface area contributed by atoms with Crippen LogP contribution < -0.4 is 10.6 Å². The van der Waals surface area contributed by atoms with Crippen LogP contribution in [0.25, 0.3) is 11.0 Å². The summed E-state index contributed by atoms with van der Waals surface area (Å²) >= 11 is 0. The zero-order valence-corrected chi connectivity index (χ0v) is 16.5. The second kappa shape index (κ2) is 7.40. The first-order chi connectivity index (χ1) is 15.1. The lowest BCUT2D eigenvalue weighted by Crippen LogP contribution is -2.28. The molecule has 0 unspecified atom stereocenters. The SMILES string of the molecule is O=C(Nc1ccc(F)cc1)c1oc2ccccc2c1NC(=O)C1(c2ccccc2)CC1. The monoisotopic (exact) mass is 414 g/mol. The molecule has 5 rings (SSSR count). The molecule has 0 aliphatic heterocycles. The van der Waals surface area contributed by atoms with E-state index in [0.717, 1.165) is 18.4 Å². The number of carbonyl (C=O) groups excluding carboxylic acids is 2. The summed E-state index contributed by atoms with van der Waals surface area (Å²) in [6, 6.07) is 22.2. The number of nitrogens with one attached hydrogen (secondary N) is 2. The van der Waals surface area contributed by atoms with Crippen molar-refractivity contribution < 1.29 is 18.4 Å². The minimum Gasteiger partial charge on any atom is -0.449 e. The maximum atomic E-state index is 13.3. The van der Waals surface area contributed by atoms with Crippen LogP contribution in [-0.4, -0.2) is 11.8 Å². The molecule has 3 aromatic carbocycles. The third kappa shape index (κ3) is 3.46. The third-order valence-corrected chi connectivity index (χ3v) is 5.65. The summed E-state index contributed by atoms with van der Waals surface area (Å²) in [6.45, 7) is 0. The zero-order chi connectivity index (χ0) is 21.4. The smallest absolute Gasteiger partial charge is 0.293 e. The lowest BCUT2D eigenvalue weighted by Gasteiger charge is -2.16. The van der Waals surface area contributed by atoms with Gasteiger partial charge in [0.05, 0.1) is 5.41 Å². The topological polar surface area (TPSA) is 71.3 Å². The number of amides is 2. The molecule has 4 aromatic rings. The zero-order valence-electron chi connectivity index (χ0n) is 16.5. The lowest BCUT2D eigenvalue weighted by atomic mass is 9.95. The fraction of sp³-hybridized carbons (Fsp3) is 0.120. The van der Waals surface area contributed by atoms with Crippen LogP contribution in [0.15, 0.2) is 83.3 Å². The average Bonchev–Trinajstić information content (AvgIpc) is 3.53. The fourth-order valence-electron chi connectivity index (χ4n) is 3.81. The van der Waals surface area contributed by atoms with E-state index < -0.39 is 17.1 Å². The first kappa shape index (κ1) is 19.1. The summed E-state index contributed by atoms with van der Waals surface area (Å²) in [5.74, 6) is -1.09. The quantitative estimate of drug-likeness (QED) is 0.453. The average molecular weight is 414 g/mol. The number of benzene rings is 3. The Hall–Kier alpha value is -3.93. The Morgan fingerprint density at radius 3 is 2.23 bits per heavy atom. The minimum absolute atomic E-state index is 0.00253. The number of halogens is 1. The Balaban J connectivity index is 1.49. The van der Waals surface area contributed by atoms with Crippen molar-refractivity contribution in [3.63, 3.8) is 0 Å². The molecule has 5 nitrogen and oxygen atoms in total. The van der Waals surface area contributed by atoms with Gasteiger partial charge in [0.1, 0.15) is 17.1 Å². The molecular formula is C25H19FN2O3. The Labute approximate surface area is 177 Å². The number of carbonyl (C=O) groups is 2. The standard InChI is InChI=1S/C25H19FN2O3/c26-17-10-12-18(13-11-17)27-23(29)22-21(19-8-4-5-9-20(19)31-22)28-24(30)25(14-15-25)16-6-2-1-3-7-16/h1-13H,14-15H2,(H,27,29)(H,28,30). The summed E-state index contributed by atoms with van der Waals surface area (Å²) in [5, 5.41) is 6.30. The molecule has 0 saturated heterocycles. The normalized spacial score (nSPS) is 14.2. The molecule has 0 spiro atoms. The highest BCUT2D eigenvalue weighted by Crippen LogP contribution is 2.49. The molecule has 1 heterocycles. The molecule has 1 fully saturated rings. The van der Waals surface area contributed by atoms with E-state index >= 15 is 0 Å². The number of hydrogen-bond donors (Lipinski definition) is 2. The van der Waals surface area contributed by atoms with Crippen molar-refractivity contribution in [3.05, 3.63) is 96.0 Å². The molecule has 1 aliphatic carbocycles. The van der Waals surface area contributed by atoms with E-state index in [4.69, 9.17) is 4.42 Å². The summed E-state index contributed by atoms with van der Waals surface area (Å²) in [5.41, 5.74) is 1.61. The van der Waals surface area contributed by atoms with Crippen molar-refractivity contribution >= 4 is 34.2 Å². The molecule has 6 heteroatoms. The largest absolute Gasteiger partial charge is 0.449 e. The van der Waals surface area contributed by atoms with Gasteiger partial charge in [0, 0.05) is 11.1 Å². The van der Waals surface area contributed by atoms with Crippen LogP contribution in [0.1, 0.15) is 29.0 Å². The van der Waals surface area contributed by atoms with E-state index in [1.807, 2.05) is 36.4 Å². The van der Waals surface area contributed by atoms with E-state index in [1.54, 1.807) is 18.2 Å². The second-order valence-corrected chi connectivity index (χ2v) is 7.67. The molecule has 0 atom stereocenters. The van der Waals surface area contributed by atoms with Crippen LogP contribution in [0.5, 0.6) is 0 Å². The van der Waals surface area contributed by atoms with Gasteiger partial charge in [-0.15, -0.1) is 0 Å². The van der Waals surface area contributed by atoms with Crippen LogP contribution in [0, 0.1) is 5.82 Å².